The Kier molecular flexibility index (Phi) is 9.59. The minimum Gasteiger partial charge on any atom is -0.496 e. The molecule has 4 rings (SSSR count). The lowest BCUT2D eigenvalue weighted by Crippen LogP contribution is -2.52. The highest BCUT2D eigenvalue weighted by atomic mass is 127. The number of nitrogens with one attached hydrogen (secondary N) is 2. The van der Waals surface area contributed by atoms with Crippen LogP contribution >= 0.6 is 22.6 Å². The number of nitrogens with zero attached hydrogens (tertiary/aromatic N) is 2. The van der Waals surface area contributed by atoms with Gasteiger partial charge in [-0.2, -0.15) is 0 Å². The first-order valence-corrected chi connectivity index (χ1v) is 14.5. The van der Waals surface area contributed by atoms with Crippen molar-refractivity contribution in [3.05, 3.63) is 48.0 Å². The molecule has 2 amide bonds. The Labute approximate surface area is 229 Å². The van der Waals surface area contributed by atoms with E-state index in [9.17, 15) is 4.79 Å². The highest BCUT2D eigenvalue weighted by Gasteiger charge is 2.29. The lowest BCUT2D eigenvalue weighted by molar-refractivity contribution is 0.137. The van der Waals surface area contributed by atoms with E-state index in [1.54, 1.807) is 7.11 Å². The second-order valence-electron chi connectivity index (χ2n) is 9.92. The molecule has 0 aromatic heterocycles. The molecule has 196 valence electrons. The van der Waals surface area contributed by atoms with Gasteiger partial charge in [-0.05, 0) is 69.9 Å². The number of halogens is 1. The maximum Gasteiger partial charge on any atom is 0.319 e. The van der Waals surface area contributed by atoms with Crippen LogP contribution in [0.5, 0.6) is 11.5 Å². The van der Waals surface area contributed by atoms with Crippen LogP contribution in [-0.4, -0.2) is 62.4 Å². The number of urea groups is 1. The summed E-state index contributed by atoms with van der Waals surface area (Å²) in [5, 5.41) is 6.17. The van der Waals surface area contributed by atoms with Crippen LogP contribution in [-0.2, 0) is 4.43 Å². The predicted molar refractivity (Wildman–Crippen MR) is 155 cm³/mol. The largest absolute Gasteiger partial charge is 0.496 e. The van der Waals surface area contributed by atoms with E-state index in [0.717, 1.165) is 79.0 Å². The predicted octanol–water partition coefficient (Wildman–Crippen LogP) is 5.67. The van der Waals surface area contributed by atoms with E-state index in [1.165, 1.54) is 5.69 Å². The molecule has 2 aromatic rings. The summed E-state index contributed by atoms with van der Waals surface area (Å²) < 4.78 is 12.3. The molecular weight excluding hydrogens is 567 g/mol. The SMILES string of the molecule is COc1ccc(NC(=O)N[C@H]2CC[C@H](N3CCN(c4ccccc4OC(C)C)CC3)CC2)cc1CI. The fourth-order valence-electron chi connectivity index (χ4n) is 5.30. The number of para-hydroxylation sites is 2. The Morgan fingerprint density at radius 3 is 2.42 bits per heavy atom. The molecule has 1 heterocycles. The summed E-state index contributed by atoms with van der Waals surface area (Å²) in [4.78, 5) is 17.7. The molecule has 1 aliphatic carbocycles. The van der Waals surface area contributed by atoms with Gasteiger partial charge in [0.2, 0.25) is 0 Å². The topological polar surface area (TPSA) is 66.1 Å². The van der Waals surface area contributed by atoms with E-state index >= 15 is 0 Å². The van der Waals surface area contributed by atoms with Gasteiger partial charge in [0, 0.05) is 53.9 Å². The van der Waals surface area contributed by atoms with Gasteiger partial charge in [0.25, 0.3) is 0 Å². The summed E-state index contributed by atoms with van der Waals surface area (Å²) in [5.41, 5.74) is 3.08. The molecule has 0 unspecified atom stereocenters. The van der Waals surface area contributed by atoms with Gasteiger partial charge in [-0.1, -0.05) is 34.7 Å². The molecule has 0 spiro atoms. The Morgan fingerprint density at radius 1 is 1.03 bits per heavy atom. The van der Waals surface area contributed by atoms with E-state index in [-0.39, 0.29) is 18.2 Å². The minimum absolute atomic E-state index is 0.126. The first-order valence-electron chi connectivity index (χ1n) is 13.0. The van der Waals surface area contributed by atoms with Gasteiger partial charge in [0.15, 0.2) is 0 Å². The van der Waals surface area contributed by atoms with Crippen LogP contribution in [0.1, 0.15) is 45.1 Å². The first kappa shape index (κ1) is 26.9. The van der Waals surface area contributed by atoms with E-state index < -0.39 is 0 Å². The number of carbonyl (C=O) groups excluding carboxylic acids is 1. The number of ether oxygens (including phenoxy) is 2. The van der Waals surface area contributed by atoms with Crippen molar-refractivity contribution in [2.45, 2.75) is 62.1 Å². The molecule has 0 atom stereocenters. The van der Waals surface area contributed by atoms with Crippen LogP contribution in [0.15, 0.2) is 42.5 Å². The zero-order valence-corrected chi connectivity index (χ0v) is 23.8. The Morgan fingerprint density at radius 2 is 1.75 bits per heavy atom. The molecule has 0 radical (unpaired) electrons. The number of rotatable bonds is 8. The second-order valence-corrected chi connectivity index (χ2v) is 10.7. The van der Waals surface area contributed by atoms with Crippen molar-refractivity contribution in [2.75, 3.05) is 43.5 Å². The van der Waals surface area contributed by atoms with Crippen molar-refractivity contribution in [3.8, 4) is 11.5 Å². The number of amides is 2. The van der Waals surface area contributed by atoms with Crippen LogP contribution < -0.4 is 25.0 Å². The van der Waals surface area contributed by atoms with Crippen LogP contribution in [0.4, 0.5) is 16.2 Å². The molecule has 8 heteroatoms. The number of piperazine rings is 1. The highest BCUT2D eigenvalue weighted by molar-refractivity contribution is 14.1. The standard InChI is InChI=1S/C28H39IN4O3/c1-20(2)36-27-7-5-4-6-25(27)33-16-14-32(15-17-33)24-11-8-22(9-12-24)30-28(34)31-23-10-13-26(35-3)21(18-23)19-29/h4-7,10,13,18,20,22,24H,8-9,11-12,14-17,19H2,1-3H3,(H2,30,31,34)/t22-,24-. The molecule has 1 saturated heterocycles. The summed E-state index contributed by atoms with van der Waals surface area (Å²) in [6.45, 7) is 8.31. The lowest BCUT2D eigenvalue weighted by atomic mass is 9.90. The molecule has 2 fully saturated rings. The van der Waals surface area contributed by atoms with Crippen molar-refractivity contribution in [1.29, 1.82) is 0 Å². The Balaban J connectivity index is 1.22. The van der Waals surface area contributed by atoms with E-state index in [2.05, 4.69) is 75.1 Å². The van der Waals surface area contributed by atoms with Crippen LogP contribution in [0.25, 0.3) is 0 Å². The average Bonchev–Trinajstić information content (AvgIpc) is 2.89. The van der Waals surface area contributed by atoms with Crippen LogP contribution in [0.2, 0.25) is 0 Å². The molecule has 1 saturated carbocycles. The fraction of sp³-hybridized carbons (Fsp3) is 0.536. The van der Waals surface area contributed by atoms with E-state index in [0.29, 0.717) is 6.04 Å². The normalized spacial score (nSPS) is 20.8. The molecular formula is C28H39IN4O3. The zero-order valence-electron chi connectivity index (χ0n) is 21.6. The summed E-state index contributed by atoms with van der Waals surface area (Å²) in [6.07, 6.45) is 4.46. The summed E-state index contributed by atoms with van der Waals surface area (Å²) in [6, 6.07) is 14.9. The third-order valence-electron chi connectivity index (χ3n) is 7.11. The van der Waals surface area contributed by atoms with Gasteiger partial charge in [-0.15, -0.1) is 0 Å². The van der Waals surface area contributed by atoms with Gasteiger partial charge in [-0.3, -0.25) is 4.90 Å². The highest BCUT2D eigenvalue weighted by Crippen LogP contribution is 2.31. The second kappa shape index (κ2) is 12.9. The molecule has 0 bridgehead atoms. The summed E-state index contributed by atoms with van der Waals surface area (Å²) in [5.74, 6) is 1.83. The molecule has 2 N–H and O–H groups in total. The number of hydrogen-bond donors (Lipinski definition) is 2. The maximum absolute atomic E-state index is 12.6. The smallest absolute Gasteiger partial charge is 0.319 e. The third kappa shape index (κ3) is 6.97. The quantitative estimate of drug-likeness (QED) is 0.300. The number of hydrogen-bond acceptors (Lipinski definition) is 5. The van der Waals surface area contributed by atoms with Crippen molar-refractivity contribution in [2.24, 2.45) is 0 Å². The fourth-order valence-corrected chi connectivity index (χ4v) is 5.89. The molecule has 36 heavy (non-hydrogen) atoms. The van der Waals surface area contributed by atoms with Crippen molar-refractivity contribution in [3.63, 3.8) is 0 Å². The average molecular weight is 607 g/mol. The number of methoxy groups -OCH3 is 1. The molecule has 2 aliphatic rings. The van der Waals surface area contributed by atoms with Gasteiger partial charge in [-0.25, -0.2) is 4.79 Å². The van der Waals surface area contributed by atoms with Crippen molar-refractivity contribution in [1.82, 2.24) is 10.2 Å². The van der Waals surface area contributed by atoms with Crippen LogP contribution in [0.3, 0.4) is 0 Å². The third-order valence-corrected chi connectivity index (χ3v) is 7.94. The lowest BCUT2D eigenvalue weighted by Gasteiger charge is -2.43. The monoisotopic (exact) mass is 606 g/mol. The zero-order chi connectivity index (χ0) is 25.5. The first-order chi connectivity index (χ1) is 17.5. The Hall–Kier alpha value is -2.20. The summed E-state index contributed by atoms with van der Waals surface area (Å²) in [7, 11) is 1.67. The molecule has 1 aliphatic heterocycles. The van der Waals surface area contributed by atoms with Crippen molar-refractivity contribution >= 4 is 40.0 Å². The van der Waals surface area contributed by atoms with E-state index in [4.69, 9.17) is 9.47 Å². The summed E-state index contributed by atoms with van der Waals surface area (Å²) >= 11 is 2.31. The number of alkyl halides is 1. The van der Waals surface area contributed by atoms with Crippen molar-refractivity contribution < 1.29 is 14.3 Å². The number of carbonyl (C=O) groups is 1. The number of anilines is 2. The maximum atomic E-state index is 12.6. The van der Waals surface area contributed by atoms with Gasteiger partial charge >= 0.3 is 6.03 Å². The molecule has 7 nitrogen and oxygen atoms in total. The molecule has 2 aromatic carbocycles. The van der Waals surface area contributed by atoms with Crippen LogP contribution in [0, 0.1) is 0 Å². The Bertz CT molecular complexity index is 1000. The van der Waals surface area contributed by atoms with Gasteiger partial charge < -0.3 is 25.0 Å². The number of benzene rings is 2. The van der Waals surface area contributed by atoms with E-state index in [1.807, 2.05) is 24.3 Å². The van der Waals surface area contributed by atoms with Gasteiger partial charge in [0.05, 0.1) is 18.9 Å². The van der Waals surface area contributed by atoms with Gasteiger partial charge in [0.1, 0.15) is 11.5 Å². The minimum atomic E-state index is -0.126.